The number of ether oxygens (including phenoxy) is 6. The van der Waals surface area contributed by atoms with Gasteiger partial charge in [-0.25, -0.2) is 0 Å². The maximum absolute atomic E-state index is 5.64. The van der Waals surface area contributed by atoms with Crippen LogP contribution in [0.1, 0.15) is 11.3 Å². The van der Waals surface area contributed by atoms with E-state index in [2.05, 4.69) is 34.9 Å². The number of methoxy groups -OCH3 is 6. The lowest BCUT2D eigenvalue weighted by atomic mass is 10.0. The normalized spacial score (nSPS) is 11.3. The molecule has 7 heteroatoms. The average Bonchev–Trinajstić information content (AvgIpc) is 2.97. The third-order valence-corrected chi connectivity index (χ3v) is 6.72. The van der Waals surface area contributed by atoms with Gasteiger partial charge in [0.2, 0.25) is 11.2 Å². The molecule has 2 heterocycles. The predicted octanol–water partition coefficient (Wildman–Crippen LogP) is 5.95. The molecule has 2 aromatic heterocycles. The molecule has 0 radical (unpaired) electrons. The van der Waals surface area contributed by atoms with Gasteiger partial charge in [-0.3, -0.25) is 0 Å². The third-order valence-electron chi connectivity index (χ3n) is 6.72. The van der Waals surface area contributed by atoms with Gasteiger partial charge in [0.1, 0.15) is 0 Å². The largest absolute Gasteiger partial charge is 0.493 e. The van der Waals surface area contributed by atoms with Crippen LogP contribution in [0.25, 0.3) is 39.2 Å². The van der Waals surface area contributed by atoms with E-state index in [9.17, 15) is 0 Å². The number of benzene rings is 3. The molecule has 7 nitrogen and oxygen atoms in total. The maximum atomic E-state index is 5.64. The smallest absolute Gasteiger partial charge is 0.219 e. The molecule has 38 heavy (non-hydrogen) atoms. The monoisotopic (exact) mass is 512 g/mol. The quantitative estimate of drug-likeness (QED) is 0.145. The minimum absolute atomic E-state index is 0.660. The van der Waals surface area contributed by atoms with Gasteiger partial charge in [-0.1, -0.05) is 6.07 Å². The Morgan fingerprint density at radius 3 is 1.68 bits per heavy atom. The van der Waals surface area contributed by atoms with E-state index in [1.807, 2.05) is 42.5 Å². The Labute approximate surface area is 221 Å². The Bertz CT molecular complexity index is 1690. The number of hydrogen-bond acceptors (Lipinski definition) is 6. The SMILES string of the molecule is COc1ccc(/C=C/c2c3cc(OC)c(OC)cc3cc3c4cc(OC)c(OC)cc4cc[n+]23)cc1OC. The molecule has 0 bridgehead atoms. The molecule has 0 N–H and O–H groups in total. The highest BCUT2D eigenvalue weighted by Crippen LogP contribution is 2.37. The van der Waals surface area contributed by atoms with Crippen molar-refractivity contribution in [2.75, 3.05) is 42.7 Å². The van der Waals surface area contributed by atoms with Crippen LogP contribution in [0.5, 0.6) is 34.5 Å². The van der Waals surface area contributed by atoms with Gasteiger partial charge in [0.25, 0.3) is 0 Å². The Balaban J connectivity index is 1.82. The van der Waals surface area contributed by atoms with Gasteiger partial charge in [-0.15, -0.1) is 0 Å². The van der Waals surface area contributed by atoms with Gasteiger partial charge < -0.3 is 28.4 Å². The number of hydrogen-bond donors (Lipinski definition) is 0. The van der Waals surface area contributed by atoms with Crippen molar-refractivity contribution in [2.45, 2.75) is 0 Å². The molecule has 194 valence electrons. The first kappa shape index (κ1) is 25.0. The highest BCUT2D eigenvalue weighted by atomic mass is 16.5. The van der Waals surface area contributed by atoms with Crippen molar-refractivity contribution in [3.63, 3.8) is 0 Å². The molecule has 0 atom stereocenters. The van der Waals surface area contributed by atoms with Crippen LogP contribution in [0.15, 0.2) is 60.8 Å². The van der Waals surface area contributed by atoms with Crippen LogP contribution >= 0.6 is 0 Å². The van der Waals surface area contributed by atoms with Crippen LogP contribution in [0, 0.1) is 0 Å². The van der Waals surface area contributed by atoms with Gasteiger partial charge in [0.15, 0.2) is 40.7 Å². The Kier molecular flexibility index (Phi) is 6.83. The zero-order valence-electron chi connectivity index (χ0n) is 22.3. The number of rotatable bonds is 8. The molecule has 0 saturated carbocycles. The summed E-state index contributed by atoms with van der Waals surface area (Å²) in [6.45, 7) is 0. The second-order valence-corrected chi connectivity index (χ2v) is 8.64. The molecule has 0 aliphatic heterocycles. The molecule has 0 spiro atoms. The zero-order valence-corrected chi connectivity index (χ0v) is 22.3. The van der Waals surface area contributed by atoms with Crippen molar-refractivity contribution in [3.05, 3.63) is 72.1 Å². The second kappa shape index (κ2) is 10.4. The van der Waals surface area contributed by atoms with Crippen molar-refractivity contribution in [1.82, 2.24) is 0 Å². The third kappa shape index (κ3) is 4.26. The molecular weight excluding hydrogens is 482 g/mol. The van der Waals surface area contributed by atoms with E-state index < -0.39 is 0 Å². The maximum Gasteiger partial charge on any atom is 0.219 e. The first-order chi connectivity index (χ1) is 18.5. The minimum Gasteiger partial charge on any atom is -0.493 e. The van der Waals surface area contributed by atoms with Crippen LogP contribution in [0.3, 0.4) is 0 Å². The molecule has 5 aromatic rings. The minimum atomic E-state index is 0.660. The average molecular weight is 513 g/mol. The van der Waals surface area contributed by atoms with E-state index in [4.69, 9.17) is 28.4 Å². The van der Waals surface area contributed by atoms with E-state index in [0.29, 0.717) is 34.5 Å². The van der Waals surface area contributed by atoms with E-state index in [1.165, 1.54) is 0 Å². The molecule has 0 saturated heterocycles. The Hall–Kier alpha value is -4.65. The number of fused-ring (bicyclic) bond motifs is 4. The van der Waals surface area contributed by atoms with E-state index in [0.717, 1.165) is 38.3 Å². The number of aromatic nitrogens is 1. The topological polar surface area (TPSA) is 59.5 Å². The second-order valence-electron chi connectivity index (χ2n) is 8.64. The van der Waals surface area contributed by atoms with Gasteiger partial charge in [0.05, 0.1) is 53.4 Å². The molecule has 0 aliphatic carbocycles. The lowest BCUT2D eigenvalue weighted by Crippen LogP contribution is -2.26. The van der Waals surface area contributed by atoms with Gasteiger partial charge in [-0.05, 0) is 58.8 Å². The summed E-state index contributed by atoms with van der Waals surface area (Å²) in [5, 5.41) is 4.09. The first-order valence-corrected chi connectivity index (χ1v) is 12.0. The van der Waals surface area contributed by atoms with Gasteiger partial charge in [0, 0.05) is 18.2 Å². The summed E-state index contributed by atoms with van der Waals surface area (Å²) in [5.74, 6) is 4.03. The molecule has 5 rings (SSSR count). The summed E-state index contributed by atoms with van der Waals surface area (Å²) in [6, 6.07) is 18.1. The van der Waals surface area contributed by atoms with E-state index in [-0.39, 0.29) is 0 Å². The lowest BCUT2D eigenvalue weighted by molar-refractivity contribution is -0.511. The molecule has 0 aliphatic rings. The van der Waals surface area contributed by atoms with Crippen molar-refractivity contribution in [2.24, 2.45) is 0 Å². The van der Waals surface area contributed by atoms with E-state index in [1.54, 1.807) is 42.7 Å². The van der Waals surface area contributed by atoms with Crippen molar-refractivity contribution in [3.8, 4) is 34.5 Å². The summed E-state index contributed by atoms with van der Waals surface area (Å²) in [5.41, 5.74) is 2.96. The molecule has 0 unspecified atom stereocenters. The molecule has 3 aromatic carbocycles. The first-order valence-electron chi connectivity index (χ1n) is 12.0. The molecular formula is C31H30NO6+. The van der Waals surface area contributed by atoms with Crippen molar-refractivity contribution in [1.29, 1.82) is 0 Å². The van der Waals surface area contributed by atoms with Crippen LogP contribution < -0.4 is 32.8 Å². The highest BCUT2D eigenvalue weighted by Gasteiger charge is 2.20. The number of pyridine rings is 2. The van der Waals surface area contributed by atoms with Crippen molar-refractivity contribution < 1.29 is 32.8 Å². The highest BCUT2D eigenvalue weighted by molar-refractivity contribution is 6.01. The summed E-state index contributed by atoms with van der Waals surface area (Å²) in [7, 11) is 9.83. The predicted molar refractivity (Wildman–Crippen MR) is 149 cm³/mol. The van der Waals surface area contributed by atoms with Gasteiger partial charge in [-0.2, -0.15) is 4.40 Å². The standard InChI is InChI=1S/C31H30NO6/c1-33-26-10-8-19(13-27(26)34-2)7-9-24-23-18-31(38-6)29(36-4)16-21(23)14-25-22-17-30(37-5)28(35-3)15-20(22)11-12-32(24)25/h7-18H,1-6H3/q+1/b9-7+. The fourth-order valence-electron chi connectivity index (χ4n) is 4.79. The molecule has 0 fully saturated rings. The van der Waals surface area contributed by atoms with Crippen molar-refractivity contribution >= 4 is 39.2 Å². The van der Waals surface area contributed by atoms with Crippen LogP contribution in [-0.2, 0) is 0 Å². The molecule has 0 amide bonds. The summed E-state index contributed by atoms with van der Waals surface area (Å²) >= 11 is 0. The summed E-state index contributed by atoms with van der Waals surface area (Å²) < 4.78 is 35.5. The fourth-order valence-corrected chi connectivity index (χ4v) is 4.79. The Morgan fingerprint density at radius 1 is 0.500 bits per heavy atom. The zero-order chi connectivity index (χ0) is 26.8. The van der Waals surface area contributed by atoms with E-state index >= 15 is 0 Å². The lowest BCUT2D eigenvalue weighted by Gasteiger charge is -2.12. The Morgan fingerprint density at radius 2 is 1.05 bits per heavy atom. The fraction of sp³-hybridized carbons (Fsp3) is 0.194. The summed E-state index contributed by atoms with van der Waals surface area (Å²) in [6.07, 6.45) is 6.21. The van der Waals surface area contributed by atoms with Crippen LogP contribution in [-0.4, -0.2) is 42.7 Å². The van der Waals surface area contributed by atoms with Gasteiger partial charge >= 0.3 is 0 Å². The van der Waals surface area contributed by atoms with Crippen LogP contribution in [0.2, 0.25) is 0 Å². The summed E-state index contributed by atoms with van der Waals surface area (Å²) in [4.78, 5) is 0. The van der Waals surface area contributed by atoms with Crippen LogP contribution in [0.4, 0.5) is 0 Å². The number of nitrogens with zero attached hydrogens (tertiary/aromatic N) is 1.